The molecule has 0 spiro atoms. The number of nitrogens with zero attached hydrogens (tertiary/aromatic N) is 1. The van der Waals surface area contributed by atoms with Gasteiger partial charge < -0.3 is 4.90 Å². The molecule has 0 atom stereocenters. The summed E-state index contributed by atoms with van der Waals surface area (Å²) >= 11 is 0. The van der Waals surface area contributed by atoms with E-state index in [0.29, 0.717) is 17.2 Å². The first-order valence-corrected chi connectivity index (χ1v) is 12.4. The number of rotatable bonds is 6. The maximum Gasteiger partial charge on any atom is 0.261 e. The fourth-order valence-corrected chi connectivity index (χ4v) is 5.27. The summed E-state index contributed by atoms with van der Waals surface area (Å²) < 4.78 is 28.0. The van der Waals surface area contributed by atoms with Gasteiger partial charge in [-0.2, -0.15) is 0 Å². The van der Waals surface area contributed by atoms with Crippen molar-refractivity contribution in [2.75, 3.05) is 17.8 Å². The molecule has 1 N–H and O–H groups in total. The third-order valence-corrected chi connectivity index (χ3v) is 7.45. The van der Waals surface area contributed by atoms with Gasteiger partial charge in [0.2, 0.25) is 0 Å². The predicted molar refractivity (Wildman–Crippen MR) is 127 cm³/mol. The van der Waals surface area contributed by atoms with E-state index in [-0.39, 0.29) is 10.8 Å². The van der Waals surface area contributed by atoms with Crippen LogP contribution in [0.3, 0.4) is 0 Å². The van der Waals surface area contributed by atoms with E-state index in [1.165, 1.54) is 17.7 Å². The lowest BCUT2D eigenvalue weighted by atomic mass is 9.90. The molecule has 166 valence electrons. The van der Waals surface area contributed by atoms with Gasteiger partial charge >= 0.3 is 0 Å². The van der Waals surface area contributed by atoms with Crippen LogP contribution in [-0.2, 0) is 16.4 Å². The highest BCUT2D eigenvalue weighted by molar-refractivity contribution is 7.92. The standard InChI is InChI=1S/C26H28N2O3S/c1-20-7-5-6-10-25(20)27-32(30,31)24-13-11-23(12-14-24)26(29)28-17-15-22(16-18-28)19-21-8-3-2-4-9-21/h2-14,22,27H,15-19H2,1H3. The Morgan fingerprint density at radius 2 is 1.53 bits per heavy atom. The number of para-hydroxylation sites is 1. The molecule has 1 aliphatic rings. The van der Waals surface area contributed by atoms with E-state index in [1.807, 2.05) is 30.0 Å². The normalized spacial score (nSPS) is 14.8. The fraction of sp³-hybridized carbons (Fsp3) is 0.269. The summed E-state index contributed by atoms with van der Waals surface area (Å²) in [6.07, 6.45) is 3.00. The summed E-state index contributed by atoms with van der Waals surface area (Å²) in [6, 6.07) is 23.9. The van der Waals surface area contributed by atoms with Crippen molar-refractivity contribution in [2.45, 2.75) is 31.1 Å². The number of likely N-dealkylation sites (tertiary alicyclic amines) is 1. The van der Waals surface area contributed by atoms with Gasteiger partial charge in [0.15, 0.2) is 0 Å². The van der Waals surface area contributed by atoms with Gasteiger partial charge in [0.25, 0.3) is 15.9 Å². The summed E-state index contributed by atoms with van der Waals surface area (Å²) in [5.74, 6) is 0.542. The lowest BCUT2D eigenvalue weighted by Crippen LogP contribution is -2.38. The molecule has 0 bridgehead atoms. The first kappa shape index (κ1) is 22.1. The number of nitrogens with one attached hydrogen (secondary N) is 1. The van der Waals surface area contributed by atoms with E-state index >= 15 is 0 Å². The van der Waals surface area contributed by atoms with E-state index in [0.717, 1.165) is 37.9 Å². The largest absolute Gasteiger partial charge is 0.339 e. The van der Waals surface area contributed by atoms with Gasteiger partial charge in [0.05, 0.1) is 10.6 Å². The highest BCUT2D eigenvalue weighted by Gasteiger charge is 2.24. The van der Waals surface area contributed by atoms with E-state index in [9.17, 15) is 13.2 Å². The smallest absolute Gasteiger partial charge is 0.261 e. The summed E-state index contributed by atoms with van der Waals surface area (Å²) in [5, 5.41) is 0. The molecule has 0 aromatic heterocycles. The van der Waals surface area contributed by atoms with Crippen LogP contribution < -0.4 is 4.72 Å². The molecule has 1 aliphatic heterocycles. The minimum Gasteiger partial charge on any atom is -0.339 e. The number of carbonyl (C=O) groups excluding carboxylic acids is 1. The second kappa shape index (κ2) is 9.57. The van der Waals surface area contributed by atoms with Crippen LogP contribution in [0.15, 0.2) is 83.8 Å². The predicted octanol–water partition coefficient (Wildman–Crippen LogP) is 4.89. The number of amides is 1. The summed E-state index contributed by atoms with van der Waals surface area (Å²) in [4.78, 5) is 14.9. The number of hydrogen-bond donors (Lipinski definition) is 1. The average Bonchev–Trinajstić information content (AvgIpc) is 2.81. The number of benzene rings is 3. The molecule has 3 aromatic rings. The Bertz CT molecular complexity index is 1170. The van der Waals surface area contributed by atoms with Crippen LogP contribution in [0.1, 0.15) is 34.3 Å². The van der Waals surface area contributed by atoms with Crippen LogP contribution in [0.2, 0.25) is 0 Å². The van der Waals surface area contributed by atoms with Crippen molar-refractivity contribution >= 4 is 21.6 Å². The third kappa shape index (κ3) is 5.19. The molecular formula is C26H28N2O3S. The van der Waals surface area contributed by atoms with Crippen molar-refractivity contribution in [2.24, 2.45) is 5.92 Å². The zero-order valence-corrected chi connectivity index (χ0v) is 19.0. The number of aryl methyl sites for hydroxylation is 1. The van der Waals surface area contributed by atoms with Crippen molar-refractivity contribution in [3.63, 3.8) is 0 Å². The Morgan fingerprint density at radius 3 is 2.19 bits per heavy atom. The SMILES string of the molecule is Cc1ccccc1NS(=O)(=O)c1ccc(C(=O)N2CCC(Cc3ccccc3)CC2)cc1. The average molecular weight is 449 g/mol. The van der Waals surface area contributed by atoms with Crippen molar-refractivity contribution < 1.29 is 13.2 Å². The number of hydrogen-bond acceptors (Lipinski definition) is 3. The van der Waals surface area contributed by atoms with E-state index in [2.05, 4.69) is 29.0 Å². The van der Waals surface area contributed by atoms with E-state index in [1.54, 1.807) is 24.3 Å². The number of sulfonamides is 1. The van der Waals surface area contributed by atoms with Crippen molar-refractivity contribution in [3.05, 3.63) is 95.6 Å². The number of piperidine rings is 1. The van der Waals surface area contributed by atoms with Crippen LogP contribution in [0.5, 0.6) is 0 Å². The van der Waals surface area contributed by atoms with Crippen molar-refractivity contribution in [1.82, 2.24) is 4.90 Å². The molecule has 0 saturated carbocycles. The molecule has 1 fully saturated rings. The molecule has 32 heavy (non-hydrogen) atoms. The van der Waals surface area contributed by atoms with E-state index in [4.69, 9.17) is 0 Å². The maximum absolute atomic E-state index is 12.9. The van der Waals surface area contributed by atoms with Crippen LogP contribution in [0, 0.1) is 12.8 Å². The Morgan fingerprint density at radius 1 is 0.906 bits per heavy atom. The van der Waals surface area contributed by atoms with Crippen molar-refractivity contribution in [1.29, 1.82) is 0 Å². The second-order valence-electron chi connectivity index (χ2n) is 8.37. The molecule has 0 radical (unpaired) electrons. The van der Waals surface area contributed by atoms with Gasteiger partial charge in [-0.3, -0.25) is 9.52 Å². The van der Waals surface area contributed by atoms with E-state index < -0.39 is 10.0 Å². The van der Waals surface area contributed by atoms with Gasteiger partial charge in [-0.05, 0) is 73.6 Å². The molecule has 5 nitrogen and oxygen atoms in total. The molecule has 1 amide bonds. The molecular weight excluding hydrogens is 420 g/mol. The Hall–Kier alpha value is -3.12. The number of anilines is 1. The zero-order valence-electron chi connectivity index (χ0n) is 18.2. The lowest BCUT2D eigenvalue weighted by Gasteiger charge is -2.32. The maximum atomic E-state index is 12.9. The third-order valence-electron chi connectivity index (χ3n) is 6.07. The quantitative estimate of drug-likeness (QED) is 0.584. The monoisotopic (exact) mass is 448 g/mol. The zero-order chi connectivity index (χ0) is 22.6. The highest BCUT2D eigenvalue weighted by Crippen LogP contribution is 2.24. The van der Waals surface area contributed by atoms with Crippen LogP contribution in [-0.4, -0.2) is 32.3 Å². The Kier molecular flexibility index (Phi) is 6.61. The van der Waals surface area contributed by atoms with Crippen LogP contribution in [0.4, 0.5) is 5.69 Å². The van der Waals surface area contributed by atoms with Gasteiger partial charge in [-0.25, -0.2) is 8.42 Å². The van der Waals surface area contributed by atoms with Gasteiger partial charge in [0, 0.05) is 18.7 Å². The fourth-order valence-electron chi connectivity index (χ4n) is 4.14. The molecule has 3 aromatic carbocycles. The molecule has 1 saturated heterocycles. The first-order valence-electron chi connectivity index (χ1n) is 10.9. The second-order valence-corrected chi connectivity index (χ2v) is 10.1. The van der Waals surface area contributed by atoms with Gasteiger partial charge in [-0.15, -0.1) is 0 Å². The lowest BCUT2D eigenvalue weighted by molar-refractivity contribution is 0.0690. The van der Waals surface area contributed by atoms with Crippen LogP contribution >= 0.6 is 0 Å². The molecule has 0 aliphatic carbocycles. The van der Waals surface area contributed by atoms with Gasteiger partial charge in [-0.1, -0.05) is 48.5 Å². The minimum absolute atomic E-state index is 0.0426. The summed E-state index contributed by atoms with van der Waals surface area (Å²) in [7, 11) is -3.72. The molecule has 1 heterocycles. The Balaban J connectivity index is 1.37. The topological polar surface area (TPSA) is 66.5 Å². The number of carbonyl (C=O) groups is 1. The molecule has 4 rings (SSSR count). The van der Waals surface area contributed by atoms with Crippen LogP contribution in [0.25, 0.3) is 0 Å². The molecule has 6 heteroatoms. The highest BCUT2D eigenvalue weighted by atomic mass is 32.2. The Labute approximate surface area is 190 Å². The molecule has 0 unspecified atom stereocenters. The summed E-state index contributed by atoms with van der Waals surface area (Å²) in [6.45, 7) is 3.30. The first-order chi connectivity index (χ1) is 15.4. The summed E-state index contributed by atoms with van der Waals surface area (Å²) in [5.41, 5.74) is 3.25. The minimum atomic E-state index is -3.72. The van der Waals surface area contributed by atoms with Gasteiger partial charge in [0.1, 0.15) is 0 Å². The van der Waals surface area contributed by atoms with Crippen molar-refractivity contribution in [3.8, 4) is 0 Å².